The Morgan fingerprint density at radius 3 is 2.47 bits per heavy atom. The molecule has 1 N–H and O–H groups in total. The molecule has 0 heterocycles. The molecule has 0 aromatic carbocycles. The third kappa shape index (κ3) is 4.32. The molecule has 1 aliphatic rings. The van der Waals surface area contributed by atoms with Crippen LogP contribution in [0.1, 0.15) is 58.8 Å². The fourth-order valence-electron chi connectivity index (χ4n) is 3.53. The monoisotopic (exact) mass is 266 g/mol. The lowest BCUT2D eigenvalue weighted by molar-refractivity contribution is 0.0407. The van der Waals surface area contributed by atoms with Gasteiger partial charge in [0.1, 0.15) is 0 Å². The van der Waals surface area contributed by atoms with Gasteiger partial charge < -0.3 is 10.2 Å². The lowest BCUT2D eigenvalue weighted by atomic mass is 9.71. The van der Waals surface area contributed by atoms with Gasteiger partial charge in [-0.3, -0.25) is 0 Å². The maximum atomic E-state index is 3.90. The summed E-state index contributed by atoms with van der Waals surface area (Å²) < 4.78 is 0. The van der Waals surface area contributed by atoms with Gasteiger partial charge in [0.25, 0.3) is 0 Å². The van der Waals surface area contributed by atoms with Gasteiger partial charge in [0.05, 0.1) is 0 Å². The largest absolute Gasteiger partial charge is 0.312 e. The molecule has 0 aliphatic heterocycles. The number of hydrogen-bond acceptors (Lipinski definition) is 2. The van der Waals surface area contributed by atoms with Gasteiger partial charge in [-0.2, -0.15) is 0 Å². The minimum atomic E-state index is 0.352. The Hall–Kier alpha value is -0.340. The van der Waals surface area contributed by atoms with E-state index < -0.39 is 0 Å². The molecular formula is C17H34N2. The number of nitrogens with zero attached hydrogens (tertiary/aromatic N) is 1. The average Bonchev–Trinajstić information content (AvgIpc) is 2.40. The van der Waals surface area contributed by atoms with E-state index in [9.17, 15) is 0 Å². The number of hydrogen-bond donors (Lipinski definition) is 1. The third-order valence-corrected chi connectivity index (χ3v) is 4.98. The number of nitrogens with one attached hydrogen (secondary N) is 1. The van der Waals surface area contributed by atoms with Crippen LogP contribution in [0, 0.1) is 5.92 Å². The first-order valence-electron chi connectivity index (χ1n) is 8.08. The fourth-order valence-corrected chi connectivity index (χ4v) is 3.53. The molecule has 1 rings (SSSR count). The van der Waals surface area contributed by atoms with Crippen molar-refractivity contribution in [1.82, 2.24) is 10.2 Å². The van der Waals surface area contributed by atoms with Crippen molar-refractivity contribution >= 4 is 0 Å². The van der Waals surface area contributed by atoms with Crippen molar-refractivity contribution in [3.05, 3.63) is 12.7 Å². The van der Waals surface area contributed by atoms with Gasteiger partial charge in [-0.25, -0.2) is 0 Å². The van der Waals surface area contributed by atoms with E-state index in [1.807, 2.05) is 0 Å². The molecular weight excluding hydrogens is 232 g/mol. The van der Waals surface area contributed by atoms with Crippen LogP contribution in [0.2, 0.25) is 0 Å². The van der Waals surface area contributed by atoms with Gasteiger partial charge >= 0.3 is 0 Å². The lowest BCUT2D eigenvalue weighted by Crippen LogP contribution is -2.60. The van der Waals surface area contributed by atoms with Gasteiger partial charge in [0, 0.05) is 11.6 Å². The zero-order chi connectivity index (χ0) is 14.3. The summed E-state index contributed by atoms with van der Waals surface area (Å²) >= 11 is 0. The Kier molecular flexibility index (Phi) is 7.09. The molecule has 0 saturated heterocycles. The van der Waals surface area contributed by atoms with Gasteiger partial charge in [0.2, 0.25) is 0 Å². The van der Waals surface area contributed by atoms with E-state index >= 15 is 0 Å². The predicted octanol–water partition coefficient (Wildman–Crippen LogP) is 3.83. The minimum Gasteiger partial charge on any atom is -0.312 e. The normalized spacial score (nSPS) is 29.4. The van der Waals surface area contributed by atoms with Crippen LogP contribution >= 0.6 is 0 Å². The van der Waals surface area contributed by atoms with Crippen molar-refractivity contribution < 1.29 is 0 Å². The second-order valence-corrected chi connectivity index (χ2v) is 6.55. The van der Waals surface area contributed by atoms with Crippen molar-refractivity contribution in [2.75, 3.05) is 20.6 Å². The highest BCUT2D eigenvalue weighted by Crippen LogP contribution is 2.39. The molecule has 19 heavy (non-hydrogen) atoms. The molecule has 1 atom stereocenters. The van der Waals surface area contributed by atoms with Gasteiger partial charge in [-0.1, -0.05) is 19.9 Å². The van der Waals surface area contributed by atoms with E-state index in [1.54, 1.807) is 0 Å². The van der Waals surface area contributed by atoms with Crippen LogP contribution in [0.25, 0.3) is 0 Å². The van der Waals surface area contributed by atoms with Crippen LogP contribution in [-0.2, 0) is 0 Å². The first kappa shape index (κ1) is 16.7. The van der Waals surface area contributed by atoms with Crippen LogP contribution in [0.5, 0.6) is 0 Å². The van der Waals surface area contributed by atoms with E-state index in [0.717, 1.165) is 18.9 Å². The smallest absolute Gasteiger partial charge is 0.0356 e. The summed E-state index contributed by atoms with van der Waals surface area (Å²) in [6.07, 6.45) is 11.0. The maximum absolute atomic E-state index is 3.90. The topological polar surface area (TPSA) is 15.3 Å². The third-order valence-electron chi connectivity index (χ3n) is 4.98. The highest BCUT2D eigenvalue weighted by Gasteiger charge is 2.42. The van der Waals surface area contributed by atoms with Crippen molar-refractivity contribution in [1.29, 1.82) is 0 Å². The van der Waals surface area contributed by atoms with E-state index in [0.29, 0.717) is 11.6 Å². The Bertz CT molecular complexity index is 252. The molecule has 2 nitrogen and oxygen atoms in total. The summed E-state index contributed by atoms with van der Waals surface area (Å²) in [5, 5.41) is 3.82. The zero-order valence-electron chi connectivity index (χ0n) is 13.5. The molecule has 1 aliphatic carbocycles. The summed E-state index contributed by atoms with van der Waals surface area (Å²) in [5.41, 5.74) is 0.352. The second-order valence-electron chi connectivity index (χ2n) is 6.55. The van der Waals surface area contributed by atoms with E-state index in [2.05, 4.69) is 50.8 Å². The first-order valence-corrected chi connectivity index (χ1v) is 8.08. The van der Waals surface area contributed by atoms with E-state index in [1.165, 1.54) is 38.5 Å². The zero-order valence-corrected chi connectivity index (χ0v) is 13.5. The predicted molar refractivity (Wildman–Crippen MR) is 85.6 cm³/mol. The van der Waals surface area contributed by atoms with Crippen molar-refractivity contribution in [3.63, 3.8) is 0 Å². The molecule has 1 unspecified atom stereocenters. The van der Waals surface area contributed by atoms with E-state index in [-0.39, 0.29) is 0 Å². The van der Waals surface area contributed by atoms with Crippen molar-refractivity contribution in [2.24, 2.45) is 5.92 Å². The molecule has 0 aromatic rings. The van der Waals surface area contributed by atoms with Crippen LogP contribution in [-0.4, -0.2) is 37.1 Å². The lowest BCUT2D eigenvalue weighted by Gasteiger charge is -2.50. The summed E-state index contributed by atoms with van der Waals surface area (Å²) in [6.45, 7) is 9.68. The SMILES string of the molecule is C=CCCC(NCCC)C1(N(C)C)CCC(C)CC1. The Morgan fingerprint density at radius 1 is 1.37 bits per heavy atom. The first-order chi connectivity index (χ1) is 9.06. The van der Waals surface area contributed by atoms with Gasteiger partial charge in [0.15, 0.2) is 0 Å². The standard InChI is InChI=1S/C17H34N2/c1-6-8-9-16(18-14-7-2)17(19(4)5)12-10-15(3)11-13-17/h6,15-16,18H,1,7-14H2,2-5H3. The minimum absolute atomic E-state index is 0.352. The summed E-state index contributed by atoms with van der Waals surface area (Å²) in [6, 6.07) is 0.605. The molecule has 0 bridgehead atoms. The molecule has 0 aromatic heterocycles. The van der Waals surface area contributed by atoms with Crippen molar-refractivity contribution in [2.45, 2.75) is 70.4 Å². The Balaban J connectivity index is 2.80. The van der Waals surface area contributed by atoms with Gasteiger partial charge in [-0.05, 0) is 71.5 Å². The summed E-state index contributed by atoms with van der Waals surface area (Å²) in [4.78, 5) is 2.50. The highest BCUT2D eigenvalue weighted by atomic mass is 15.2. The molecule has 0 amide bonds. The summed E-state index contributed by atoms with van der Waals surface area (Å²) in [5.74, 6) is 0.902. The van der Waals surface area contributed by atoms with E-state index in [4.69, 9.17) is 0 Å². The second kappa shape index (κ2) is 8.06. The van der Waals surface area contributed by atoms with Gasteiger partial charge in [-0.15, -0.1) is 6.58 Å². The number of likely N-dealkylation sites (N-methyl/N-ethyl adjacent to an activating group) is 1. The maximum Gasteiger partial charge on any atom is 0.0356 e. The van der Waals surface area contributed by atoms with Crippen molar-refractivity contribution in [3.8, 4) is 0 Å². The summed E-state index contributed by atoms with van der Waals surface area (Å²) in [7, 11) is 4.54. The highest BCUT2D eigenvalue weighted by molar-refractivity contribution is 5.01. The van der Waals surface area contributed by atoms with Crippen LogP contribution in [0.4, 0.5) is 0 Å². The van der Waals surface area contributed by atoms with Crippen LogP contribution in [0.3, 0.4) is 0 Å². The Morgan fingerprint density at radius 2 is 2.00 bits per heavy atom. The van der Waals surface area contributed by atoms with Crippen LogP contribution in [0.15, 0.2) is 12.7 Å². The molecule has 2 heteroatoms. The quantitative estimate of drug-likeness (QED) is 0.672. The number of rotatable bonds is 8. The number of allylic oxidation sites excluding steroid dienone is 1. The van der Waals surface area contributed by atoms with Crippen LogP contribution < -0.4 is 5.32 Å². The average molecular weight is 266 g/mol. The molecule has 1 saturated carbocycles. The molecule has 0 spiro atoms. The molecule has 112 valence electrons. The Labute approximate surface area is 120 Å². The fraction of sp³-hybridized carbons (Fsp3) is 0.882. The molecule has 1 fully saturated rings. The molecule has 0 radical (unpaired) electrons.